The molecule has 0 unspecified atom stereocenters. The largest absolute Gasteiger partial charge is 0.459 e. The van der Waals surface area contributed by atoms with E-state index in [0.717, 1.165) is 16.9 Å². The van der Waals surface area contributed by atoms with Crippen molar-refractivity contribution in [2.45, 2.75) is 106 Å². The quantitative estimate of drug-likeness (QED) is 0.195. The second-order valence-electron chi connectivity index (χ2n) is 14.4. The molecule has 1 aliphatic rings. The number of thioether (sulfide) groups is 1. The van der Waals surface area contributed by atoms with Gasteiger partial charge in [0.05, 0.1) is 11.4 Å². The van der Waals surface area contributed by atoms with Crippen LogP contribution in [0.4, 0.5) is 21.9 Å². The molecule has 2 N–H and O–H groups in total. The van der Waals surface area contributed by atoms with Crippen LogP contribution in [0.1, 0.15) is 105 Å². The smallest absolute Gasteiger partial charge is 0.412 e. The highest BCUT2D eigenvalue weighted by atomic mass is 32.2. The van der Waals surface area contributed by atoms with Gasteiger partial charge in [-0.05, 0) is 116 Å². The number of carbonyl (C=O) groups is 4. The summed E-state index contributed by atoms with van der Waals surface area (Å²) in [6.45, 7) is 19.8. The monoisotopic (exact) mass is 695 g/mol. The number of benzene rings is 2. The molecule has 2 aromatic carbocycles. The maximum Gasteiger partial charge on any atom is 0.412 e. The van der Waals surface area contributed by atoms with Crippen LogP contribution < -0.4 is 15.5 Å². The average molecular weight is 696 g/mol. The van der Waals surface area contributed by atoms with Gasteiger partial charge in [-0.25, -0.2) is 4.79 Å². The molecule has 1 heterocycles. The minimum absolute atomic E-state index is 0.197. The van der Waals surface area contributed by atoms with Crippen molar-refractivity contribution in [1.82, 2.24) is 0 Å². The molecular weight excluding hydrogens is 642 g/mol. The SMILES string of the molecule is CC(C)(C)OC(=O)CN(CC(=O)OC(C)(C)C)c1ccc(C(=O)Nc2cc(C3=CCC=CS3)ccc2NC(=O)OC(C)(C)C)cc1.CCC. The van der Waals surface area contributed by atoms with Gasteiger partial charge in [0.25, 0.3) is 5.91 Å². The zero-order chi connectivity index (χ0) is 37.0. The summed E-state index contributed by atoms with van der Waals surface area (Å²) >= 11 is 1.57. The van der Waals surface area contributed by atoms with Gasteiger partial charge in [0.15, 0.2) is 0 Å². The number of allylic oxidation sites excluding steroid dienone is 2. The van der Waals surface area contributed by atoms with Crippen molar-refractivity contribution in [3.8, 4) is 0 Å². The van der Waals surface area contributed by atoms with Gasteiger partial charge < -0.3 is 24.4 Å². The van der Waals surface area contributed by atoms with Gasteiger partial charge in [-0.2, -0.15) is 0 Å². The molecule has 0 spiro atoms. The molecule has 0 saturated heterocycles. The summed E-state index contributed by atoms with van der Waals surface area (Å²) in [5.74, 6) is -1.44. The minimum Gasteiger partial charge on any atom is -0.459 e. The Labute approximate surface area is 296 Å². The van der Waals surface area contributed by atoms with Crippen molar-refractivity contribution in [3.63, 3.8) is 0 Å². The highest BCUT2D eigenvalue weighted by Crippen LogP contribution is 2.36. The van der Waals surface area contributed by atoms with Crippen molar-refractivity contribution < 1.29 is 33.4 Å². The summed E-state index contributed by atoms with van der Waals surface area (Å²) in [7, 11) is 0. The Hall–Kier alpha value is -4.25. The number of rotatable bonds is 9. The topological polar surface area (TPSA) is 123 Å². The van der Waals surface area contributed by atoms with E-state index < -0.39 is 40.7 Å². The Balaban J connectivity index is 0.00000267. The van der Waals surface area contributed by atoms with Crippen molar-refractivity contribution in [2.24, 2.45) is 0 Å². The van der Waals surface area contributed by atoms with Crippen LogP contribution in [0.5, 0.6) is 0 Å². The van der Waals surface area contributed by atoms with E-state index in [4.69, 9.17) is 14.2 Å². The second-order valence-corrected chi connectivity index (χ2v) is 15.4. The Kier molecular flexibility index (Phi) is 15.0. The maximum atomic E-state index is 13.5. The number of amides is 2. The number of hydrogen-bond acceptors (Lipinski definition) is 9. The van der Waals surface area contributed by atoms with Gasteiger partial charge in [-0.1, -0.05) is 50.2 Å². The van der Waals surface area contributed by atoms with Gasteiger partial charge >= 0.3 is 18.0 Å². The first-order valence-electron chi connectivity index (χ1n) is 16.5. The molecule has 2 amide bonds. The van der Waals surface area contributed by atoms with Gasteiger partial charge in [-0.3, -0.25) is 19.7 Å². The van der Waals surface area contributed by atoms with E-state index >= 15 is 0 Å². The third kappa shape index (κ3) is 15.7. The van der Waals surface area contributed by atoms with Crippen LogP contribution in [0, 0.1) is 0 Å². The summed E-state index contributed by atoms with van der Waals surface area (Å²) in [5.41, 5.74) is 0.395. The first kappa shape index (κ1) is 40.9. The summed E-state index contributed by atoms with van der Waals surface area (Å²) in [6, 6.07) is 11.9. The highest BCUT2D eigenvalue weighted by molar-refractivity contribution is 8.11. The standard InChI is InChI=1S/C35H45N3O7S.C3H8/c1-33(2,3)43-29(39)21-38(22-30(40)44-34(4,5)6)25-16-13-23(14-17-25)31(41)36-27-20-24(28-12-10-11-19-46-28)15-18-26(27)37-32(42)45-35(7,8)9;1-3-2/h11-20H,10,21-22H2,1-9H3,(H,36,41)(H,37,42);3H2,1-2H3. The number of hydrogen-bond donors (Lipinski definition) is 2. The van der Waals surface area contributed by atoms with Crippen molar-refractivity contribution in [1.29, 1.82) is 0 Å². The van der Waals surface area contributed by atoms with E-state index in [1.807, 2.05) is 11.5 Å². The van der Waals surface area contributed by atoms with Gasteiger partial charge in [0, 0.05) is 16.2 Å². The Morgan fingerprint density at radius 2 is 1.27 bits per heavy atom. The molecule has 2 aromatic rings. The number of carbonyl (C=O) groups excluding carboxylic acids is 4. The van der Waals surface area contributed by atoms with Crippen molar-refractivity contribution in [3.05, 3.63) is 71.2 Å². The van der Waals surface area contributed by atoms with Crippen LogP contribution in [0.3, 0.4) is 0 Å². The molecule has 0 aromatic heterocycles. The lowest BCUT2D eigenvalue weighted by Gasteiger charge is -2.27. The van der Waals surface area contributed by atoms with E-state index in [0.29, 0.717) is 22.6 Å². The van der Waals surface area contributed by atoms with Crippen LogP contribution in [-0.2, 0) is 23.8 Å². The van der Waals surface area contributed by atoms with E-state index in [2.05, 4.69) is 36.6 Å². The number of ether oxygens (including phenoxy) is 3. The van der Waals surface area contributed by atoms with Crippen LogP contribution in [0.25, 0.3) is 4.91 Å². The first-order chi connectivity index (χ1) is 22.7. The Morgan fingerprint density at radius 1 is 0.735 bits per heavy atom. The zero-order valence-corrected chi connectivity index (χ0v) is 31.6. The zero-order valence-electron chi connectivity index (χ0n) is 30.8. The number of anilines is 3. The normalized spacial score (nSPS) is 12.8. The molecule has 0 bridgehead atoms. The molecule has 11 heteroatoms. The molecule has 0 saturated carbocycles. The van der Waals surface area contributed by atoms with Crippen LogP contribution in [0.2, 0.25) is 0 Å². The Morgan fingerprint density at radius 3 is 1.73 bits per heavy atom. The van der Waals surface area contributed by atoms with E-state index in [9.17, 15) is 19.2 Å². The first-order valence-corrected chi connectivity index (χ1v) is 17.3. The van der Waals surface area contributed by atoms with Gasteiger partial charge in [-0.15, -0.1) is 0 Å². The molecule has 268 valence electrons. The number of esters is 2. The molecule has 0 aliphatic carbocycles. The van der Waals surface area contributed by atoms with Crippen molar-refractivity contribution >= 4 is 57.7 Å². The van der Waals surface area contributed by atoms with Crippen LogP contribution in [-0.4, -0.2) is 53.8 Å². The predicted molar refractivity (Wildman–Crippen MR) is 200 cm³/mol. The summed E-state index contributed by atoms with van der Waals surface area (Å²) in [6.07, 6.45) is 5.55. The lowest BCUT2D eigenvalue weighted by atomic mass is 10.1. The number of nitrogens with zero attached hydrogens (tertiary/aromatic N) is 1. The average Bonchev–Trinajstić information content (AvgIpc) is 2.96. The van der Waals surface area contributed by atoms with E-state index in [1.165, 1.54) is 6.42 Å². The molecule has 10 nitrogen and oxygen atoms in total. The predicted octanol–water partition coefficient (Wildman–Crippen LogP) is 9.18. The van der Waals surface area contributed by atoms with E-state index in [1.54, 1.807) is 115 Å². The summed E-state index contributed by atoms with van der Waals surface area (Å²) in [5, 5.41) is 7.66. The molecule has 1 aliphatic heterocycles. The second kappa shape index (κ2) is 17.9. The van der Waals surface area contributed by atoms with Gasteiger partial charge in [0.1, 0.15) is 29.9 Å². The third-order valence-corrected chi connectivity index (χ3v) is 6.88. The lowest BCUT2D eigenvalue weighted by molar-refractivity contribution is -0.154. The Bertz CT molecular complexity index is 1480. The van der Waals surface area contributed by atoms with Gasteiger partial charge in [0.2, 0.25) is 0 Å². The van der Waals surface area contributed by atoms with Crippen LogP contribution >= 0.6 is 11.8 Å². The summed E-state index contributed by atoms with van der Waals surface area (Å²) in [4.78, 5) is 54.0. The molecular formula is C38H53N3O7S. The van der Waals surface area contributed by atoms with Crippen molar-refractivity contribution in [2.75, 3.05) is 28.6 Å². The molecule has 0 atom stereocenters. The third-order valence-electron chi connectivity index (χ3n) is 5.89. The maximum absolute atomic E-state index is 13.5. The highest BCUT2D eigenvalue weighted by Gasteiger charge is 2.24. The molecule has 49 heavy (non-hydrogen) atoms. The molecule has 3 rings (SSSR count). The minimum atomic E-state index is -0.702. The lowest BCUT2D eigenvalue weighted by Crippen LogP contribution is -2.40. The molecule has 0 fully saturated rings. The summed E-state index contributed by atoms with van der Waals surface area (Å²) < 4.78 is 16.4. The fraction of sp³-hybridized carbons (Fsp3) is 0.474. The van der Waals surface area contributed by atoms with E-state index in [-0.39, 0.29) is 13.1 Å². The van der Waals surface area contributed by atoms with Crippen LogP contribution in [0.15, 0.2) is 60.0 Å². The molecule has 0 radical (unpaired) electrons. The fourth-order valence-corrected chi connectivity index (χ4v) is 5.03. The fourth-order valence-electron chi connectivity index (χ4n) is 4.23. The number of nitrogens with one attached hydrogen (secondary N) is 2.